The molecule has 6 nitrogen and oxygen atoms in total. The molecule has 0 spiro atoms. The molecule has 0 fully saturated rings. The van der Waals surface area contributed by atoms with Crippen LogP contribution in [0.3, 0.4) is 0 Å². The van der Waals surface area contributed by atoms with Crippen LogP contribution in [0.4, 0.5) is 0 Å². The number of nitrogens with one attached hydrogen (secondary N) is 1. The maximum Gasteiger partial charge on any atom is 0.326 e. The largest absolute Gasteiger partial charge is 0.481 e. The van der Waals surface area contributed by atoms with Gasteiger partial charge in [0.05, 0.1) is 11.3 Å². The molecule has 0 saturated carbocycles. The van der Waals surface area contributed by atoms with Crippen molar-refractivity contribution in [2.45, 2.75) is 32.2 Å². The summed E-state index contributed by atoms with van der Waals surface area (Å²) in [6.45, 7) is 2.00. The average Bonchev–Trinajstić information content (AvgIpc) is 2.85. The van der Waals surface area contributed by atoms with Gasteiger partial charge in [-0.2, -0.15) is 0 Å². The monoisotopic (exact) mass is 335 g/mol. The number of hydrogen-bond donors (Lipinski definition) is 3. The Morgan fingerprint density at radius 1 is 1.22 bits per heavy atom. The van der Waals surface area contributed by atoms with E-state index in [0.717, 1.165) is 22.1 Å². The number of carbonyl (C=O) groups excluding carboxylic acids is 1. The number of carboxylic acids is 2. The third-order valence-electron chi connectivity index (χ3n) is 3.39. The van der Waals surface area contributed by atoms with Crippen molar-refractivity contribution >= 4 is 39.3 Å². The first kappa shape index (κ1) is 17.0. The van der Waals surface area contributed by atoms with Crippen molar-refractivity contribution in [2.24, 2.45) is 0 Å². The van der Waals surface area contributed by atoms with Gasteiger partial charge in [0.25, 0.3) is 5.91 Å². The second kappa shape index (κ2) is 7.23. The van der Waals surface area contributed by atoms with Crippen LogP contribution < -0.4 is 5.32 Å². The molecule has 0 aliphatic heterocycles. The molecule has 1 heterocycles. The summed E-state index contributed by atoms with van der Waals surface area (Å²) in [5.74, 6) is -3.18. The van der Waals surface area contributed by atoms with Gasteiger partial charge in [-0.1, -0.05) is 31.5 Å². The molecule has 1 unspecified atom stereocenters. The molecule has 0 aliphatic rings. The maximum atomic E-state index is 12.4. The normalized spacial score (nSPS) is 12.0. The number of carbonyl (C=O) groups is 3. The summed E-state index contributed by atoms with van der Waals surface area (Å²) < 4.78 is 0.950. The molecule has 0 radical (unpaired) electrons. The van der Waals surface area contributed by atoms with Gasteiger partial charge in [-0.25, -0.2) is 4.79 Å². The van der Waals surface area contributed by atoms with Crippen LogP contribution in [-0.2, 0) is 16.0 Å². The summed E-state index contributed by atoms with van der Waals surface area (Å²) in [6, 6.07) is 6.15. The Labute approximate surface area is 136 Å². The van der Waals surface area contributed by atoms with Gasteiger partial charge in [0.2, 0.25) is 0 Å². The number of amides is 1. The van der Waals surface area contributed by atoms with Crippen molar-refractivity contribution in [1.29, 1.82) is 0 Å². The van der Waals surface area contributed by atoms with E-state index in [0.29, 0.717) is 11.3 Å². The fraction of sp³-hybridized carbons (Fsp3) is 0.312. The van der Waals surface area contributed by atoms with Crippen molar-refractivity contribution in [1.82, 2.24) is 5.32 Å². The standard InChI is InChI=1S/C16H17NO5S/c1-2-5-10-9-6-3-4-7-12(9)23-14(10)15(20)17-11(16(21)22)8-13(18)19/h3-4,6-7,11H,2,5,8H2,1H3,(H,17,20)(H,18,19)(H,21,22). The molecular weight excluding hydrogens is 318 g/mol. The SMILES string of the molecule is CCCc1c(C(=O)NC(CC(=O)O)C(=O)O)sc2ccccc12. The van der Waals surface area contributed by atoms with Crippen LogP contribution in [0.1, 0.15) is 35.0 Å². The Morgan fingerprint density at radius 3 is 2.52 bits per heavy atom. The summed E-state index contributed by atoms with van der Waals surface area (Å²) in [7, 11) is 0. The van der Waals surface area contributed by atoms with E-state index in [1.54, 1.807) is 0 Å². The van der Waals surface area contributed by atoms with Gasteiger partial charge in [-0.05, 0) is 23.4 Å². The van der Waals surface area contributed by atoms with E-state index in [-0.39, 0.29) is 0 Å². The zero-order chi connectivity index (χ0) is 17.0. The fourth-order valence-electron chi connectivity index (χ4n) is 2.38. The van der Waals surface area contributed by atoms with Crippen molar-refractivity contribution < 1.29 is 24.6 Å². The van der Waals surface area contributed by atoms with Crippen molar-refractivity contribution in [2.75, 3.05) is 0 Å². The van der Waals surface area contributed by atoms with E-state index in [9.17, 15) is 14.4 Å². The topological polar surface area (TPSA) is 104 Å². The predicted molar refractivity (Wildman–Crippen MR) is 87.0 cm³/mol. The molecule has 3 N–H and O–H groups in total. The molecule has 2 aromatic rings. The lowest BCUT2D eigenvalue weighted by molar-refractivity contribution is -0.145. The zero-order valence-electron chi connectivity index (χ0n) is 12.5. The highest BCUT2D eigenvalue weighted by molar-refractivity contribution is 7.21. The fourth-order valence-corrected chi connectivity index (χ4v) is 3.53. The summed E-state index contributed by atoms with van der Waals surface area (Å²) in [5, 5.41) is 21.1. The first-order valence-electron chi connectivity index (χ1n) is 7.19. The number of aryl methyl sites for hydroxylation is 1. The van der Waals surface area contributed by atoms with Gasteiger partial charge >= 0.3 is 11.9 Å². The Hall–Kier alpha value is -2.41. The van der Waals surface area contributed by atoms with Gasteiger partial charge in [0, 0.05) is 4.70 Å². The Balaban J connectivity index is 2.34. The number of hydrogen-bond acceptors (Lipinski definition) is 4. The number of thiophene rings is 1. The molecule has 23 heavy (non-hydrogen) atoms. The Kier molecular flexibility index (Phi) is 5.33. The van der Waals surface area contributed by atoms with E-state index >= 15 is 0 Å². The van der Waals surface area contributed by atoms with Gasteiger partial charge < -0.3 is 15.5 Å². The number of fused-ring (bicyclic) bond motifs is 1. The molecule has 1 amide bonds. The minimum atomic E-state index is -1.44. The van der Waals surface area contributed by atoms with Gasteiger partial charge in [-0.15, -0.1) is 11.3 Å². The highest BCUT2D eigenvalue weighted by Gasteiger charge is 2.26. The van der Waals surface area contributed by atoms with Gasteiger partial charge in [0.15, 0.2) is 0 Å². The van der Waals surface area contributed by atoms with Crippen LogP contribution in [0, 0.1) is 0 Å². The van der Waals surface area contributed by atoms with Crippen LogP contribution in [0.5, 0.6) is 0 Å². The minimum Gasteiger partial charge on any atom is -0.481 e. The third kappa shape index (κ3) is 3.87. The lowest BCUT2D eigenvalue weighted by atomic mass is 10.1. The first-order chi connectivity index (χ1) is 10.9. The number of aliphatic carboxylic acids is 2. The number of carboxylic acid groups (broad SMARTS) is 2. The first-order valence-corrected chi connectivity index (χ1v) is 8.01. The van der Waals surface area contributed by atoms with E-state index in [1.165, 1.54) is 11.3 Å². The lowest BCUT2D eigenvalue weighted by Gasteiger charge is -2.12. The predicted octanol–water partition coefficient (Wildman–Crippen LogP) is 2.51. The van der Waals surface area contributed by atoms with E-state index in [1.807, 2.05) is 31.2 Å². The van der Waals surface area contributed by atoms with Crippen LogP contribution >= 0.6 is 11.3 Å². The zero-order valence-corrected chi connectivity index (χ0v) is 13.4. The molecule has 1 aromatic heterocycles. The summed E-state index contributed by atoms with van der Waals surface area (Å²) in [4.78, 5) is 34.7. The average molecular weight is 335 g/mol. The lowest BCUT2D eigenvalue weighted by Crippen LogP contribution is -2.42. The quantitative estimate of drug-likeness (QED) is 0.721. The number of benzene rings is 1. The minimum absolute atomic E-state index is 0.449. The van der Waals surface area contributed by atoms with E-state index in [2.05, 4.69) is 5.32 Å². The molecule has 1 aromatic carbocycles. The van der Waals surface area contributed by atoms with Gasteiger partial charge in [0.1, 0.15) is 6.04 Å². The van der Waals surface area contributed by atoms with Crippen molar-refractivity contribution in [3.63, 3.8) is 0 Å². The molecule has 2 rings (SSSR count). The molecule has 7 heteroatoms. The second-order valence-electron chi connectivity index (χ2n) is 5.12. The molecule has 0 saturated heterocycles. The maximum absolute atomic E-state index is 12.4. The molecule has 0 aliphatic carbocycles. The van der Waals surface area contributed by atoms with Crippen LogP contribution in [-0.4, -0.2) is 34.1 Å². The smallest absolute Gasteiger partial charge is 0.326 e. The number of rotatable bonds is 7. The molecule has 1 atom stereocenters. The molecule has 122 valence electrons. The summed E-state index contributed by atoms with van der Waals surface area (Å²) >= 11 is 1.29. The van der Waals surface area contributed by atoms with Crippen molar-refractivity contribution in [3.05, 3.63) is 34.7 Å². The highest BCUT2D eigenvalue weighted by atomic mass is 32.1. The van der Waals surface area contributed by atoms with Crippen LogP contribution in [0.2, 0.25) is 0 Å². The van der Waals surface area contributed by atoms with E-state index < -0.39 is 30.3 Å². The second-order valence-corrected chi connectivity index (χ2v) is 6.17. The van der Waals surface area contributed by atoms with Crippen LogP contribution in [0.15, 0.2) is 24.3 Å². The third-order valence-corrected chi connectivity index (χ3v) is 4.60. The summed E-state index contributed by atoms with van der Waals surface area (Å²) in [6.07, 6.45) is 0.886. The van der Waals surface area contributed by atoms with Gasteiger partial charge in [-0.3, -0.25) is 9.59 Å². The Morgan fingerprint density at radius 2 is 1.91 bits per heavy atom. The summed E-state index contributed by atoms with van der Waals surface area (Å²) in [5.41, 5.74) is 0.880. The molecular formula is C16H17NO5S. The Bertz CT molecular complexity index is 752. The van der Waals surface area contributed by atoms with Crippen molar-refractivity contribution in [3.8, 4) is 0 Å². The van der Waals surface area contributed by atoms with E-state index in [4.69, 9.17) is 10.2 Å². The van der Waals surface area contributed by atoms with Crippen LogP contribution in [0.25, 0.3) is 10.1 Å². The highest BCUT2D eigenvalue weighted by Crippen LogP contribution is 2.32. The molecule has 0 bridgehead atoms.